The molecule has 0 saturated carbocycles. The number of aromatic amines is 1. The highest BCUT2D eigenvalue weighted by Crippen LogP contribution is 2.26. The third-order valence-corrected chi connectivity index (χ3v) is 6.03. The first-order chi connectivity index (χ1) is 13.8. The van der Waals surface area contributed by atoms with Crippen molar-refractivity contribution in [3.63, 3.8) is 0 Å². The van der Waals surface area contributed by atoms with Gasteiger partial charge in [-0.3, -0.25) is 0 Å². The summed E-state index contributed by atoms with van der Waals surface area (Å²) >= 11 is 0. The highest BCUT2D eigenvalue weighted by Gasteiger charge is 2.09. The molecule has 156 valence electrons. The fourth-order valence-electron chi connectivity index (χ4n) is 4.14. The highest BCUT2D eigenvalue weighted by molar-refractivity contribution is 5.25. The summed E-state index contributed by atoms with van der Waals surface area (Å²) in [6.07, 6.45) is 22.2. The van der Waals surface area contributed by atoms with Crippen LogP contribution in [0.4, 0.5) is 0 Å². The minimum absolute atomic E-state index is 0.719. The summed E-state index contributed by atoms with van der Waals surface area (Å²) in [4.78, 5) is 7.51. The minimum Gasteiger partial charge on any atom is -0.349 e. The van der Waals surface area contributed by atoms with Crippen LogP contribution in [-0.4, -0.2) is 9.97 Å². The van der Waals surface area contributed by atoms with Crippen LogP contribution in [0.15, 0.2) is 36.7 Å². The number of nitrogens with one attached hydrogen (secondary N) is 1. The molecule has 1 atom stereocenters. The SMILES string of the molecule is CCCCCCCCCc1ccc(C(CC)CCCCCc2ncc[nH]2)cc1. The molecule has 0 spiro atoms. The number of aromatic nitrogens is 2. The van der Waals surface area contributed by atoms with Gasteiger partial charge in [-0.1, -0.05) is 89.5 Å². The van der Waals surface area contributed by atoms with Gasteiger partial charge in [-0.2, -0.15) is 0 Å². The van der Waals surface area contributed by atoms with Crippen LogP contribution in [0.25, 0.3) is 0 Å². The van der Waals surface area contributed by atoms with Crippen molar-refractivity contribution in [2.75, 3.05) is 0 Å². The zero-order valence-corrected chi connectivity index (χ0v) is 18.4. The first-order valence-corrected chi connectivity index (χ1v) is 11.9. The van der Waals surface area contributed by atoms with E-state index in [1.54, 1.807) is 0 Å². The molecule has 1 unspecified atom stereocenters. The average molecular weight is 383 g/mol. The number of imidazole rings is 1. The third kappa shape index (κ3) is 9.08. The predicted octanol–water partition coefficient (Wildman–Crippen LogP) is 8.00. The summed E-state index contributed by atoms with van der Waals surface area (Å²) < 4.78 is 0. The Kier molecular flexibility index (Phi) is 11.7. The number of hydrogen-bond donors (Lipinski definition) is 1. The van der Waals surface area contributed by atoms with Crippen LogP contribution in [0.3, 0.4) is 0 Å². The lowest BCUT2D eigenvalue weighted by Crippen LogP contribution is -1.99. The highest BCUT2D eigenvalue weighted by atomic mass is 14.9. The molecule has 2 aromatic rings. The van der Waals surface area contributed by atoms with Gasteiger partial charge in [-0.05, 0) is 49.1 Å². The smallest absolute Gasteiger partial charge is 0.105 e. The van der Waals surface area contributed by atoms with Crippen molar-refractivity contribution in [1.82, 2.24) is 9.97 Å². The molecule has 1 heterocycles. The molecule has 0 aliphatic carbocycles. The Morgan fingerprint density at radius 1 is 0.786 bits per heavy atom. The van der Waals surface area contributed by atoms with Crippen LogP contribution in [0.1, 0.15) is 114 Å². The first-order valence-electron chi connectivity index (χ1n) is 11.9. The van der Waals surface area contributed by atoms with E-state index >= 15 is 0 Å². The summed E-state index contributed by atoms with van der Waals surface area (Å²) in [5.74, 6) is 1.85. The Morgan fingerprint density at radius 3 is 2.14 bits per heavy atom. The van der Waals surface area contributed by atoms with Gasteiger partial charge in [0.2, 0.25) is 0 Å². The van der Waals surface area contributed by atoms with Gasteiger partial charge in [0.15, 0.2) is 0 Å². The maximum absolute atomic E-state index is 4.31. The quantitative estimate of drug-likeness (QED) is 0.293. The maximum Gasteiger partial charge on any atom is 0.105 e. The Labute approximate surface area is 173 Å². The number of hydrogen-bond acceptors (Lipinski definition) is 1. The van der Waals surface area contributed by atoms with Gasteiger partial charge in [0.25, 0.3) is 0 Å². The number of aryl methyl sites for hydroxylation is 2. The Bertz CT molecular complexity index is 585. The molecule has 0 saturated heterocycles. The second-order valence-electron chi connectivity index (χ2n) is 8.35. The van der Waals surface area contributed by atoms with E-state index in [1.165, 1.54) is 94.6 Å². The topological polar surface area (TPSA) is 28.7 Å². The molecule has 0 fully saturated rings. The normalized spacial score (nSPS) is 12.4. The molecule has 2 nitrogen and oxygen atoms in total. The van der Waals surface area contributed by atoms with Crippen molar-refractivity contribution in [1.29, 1.82) is 0 Å². The zero-order valence-electron chi connectivity index (χ0n) is 18.4. The molecular weight excluding hydrogens is 340 g/mol. The Morgan fingerprint density at radius 2 is 1.46 bits per heavy atom. The fourth-order valence-corrected chi connectivity index (χ4v) is 4.14. The van der Waals surface area contributed by atoms with E-state index in [1.807, 2.05) is 12.4 Å². The molecule has 1 N–H and O–H groups in total. The predicted molar refractivity (Wildman–Crippen MR) is 122 cm³/mol. The molecule has 0 aliphatic rings. The largest absolute Gasteiger partial charge is 0.349 e. The van der Waals surface area contributed by atoms with Gasteiger partial charge in [0.05, 0.1) is 0 Å². The van der Waals surface area contributed by atoms with Crippen molar-refractivity contribution in [2.45, 2.75) is 110 Å². The second-order valence-corrected chi connectivity index (χ2v) is 8.35. The number of benzene rings is 1. The van der Waals surface area contributed by atoms with E-state index in [4.69, 9.17) is 0 Å². The summed E-state index contributed by atoms with van der Waals surface area (Å²) in [6, 6.07) is 9.55. The second kappa shape index (κ2) is 14.4. The lowest BCUT2D eigenvalue weighted by Gasteiger charge is -2.16. The van der Waals surface area contributed by atoms with Crippen LogP contribution >= 0.6 is 0 Å². The number of nitrogens with zero attached hydrogens (tertiary/aromatic N) is 1. The van der Waals surface area contributed by atoms with Crippen molar-refractivity contribution >= 4 is 0 Å². The van der Waals surface area contributed by atoms with Crippen molar-refractivity contribution in [2.24, 2.45) is 0 Å². The Balaban J connectivity index is 1.61. The van der Waals surface area contributed by atoms with Gasteiger partial charge in [0, 0.05) is 18.8 Å². The third-order valence-electron chi connectivity index (χ3n) is 6.03. The summed E-state index contributed by atoms with van der Waals surface area (Å²) in [5.41, 5.74) is 3.06. The molecule has 2 heteroatoms. The fraction of sp³-hybridized carbons (Fsp3) is 0.654. The van der Waals surface area contributed by atoms with E-state index in [0.29, 0.717) is 0 Å². The summed E-state index contributed by atoms with van der Waals surface area (Å²) in [5, 5.41) is 0. The maximum atomic E-state index is 4.31. The van der Waals surface area contributed by atoms with Crippen molar-refractivity contribution in [3.05, 3.63) is 53.6 Å². The molecule has 2 rings (SSSR count). The van der Waals surface area contributed by atoms with Crippen molar-refractivity contribution in [3.8, 4) is 0 Å². The van der Waals surface area contributed by atoms with Crippen LogP contribution in [-0.2, 0) is 12.8 Å². The van der Waals surface area contributed by atoms with E-state index in [2.05, 4.69) is 48.1 Å². The summed E-state index contributed by atoms with van der Waals surface area (Å²) in [6.45, 7) is 4.62. The van der Waals surface area contributed by atoms with E-state index in [-0.39, 0.29) is 0 Å². The lowest BCUT2D eigenvalue weighted by atomic mass is 9.90. The summed E-state index contributed by atoms with van der Waals surface area (Å²) in [7, 11) is 0. The minimum atomic E-state index is 0.719. The number of rotatable bonds is 16. The van der Waals surface area contributed by atoms with Gasteiger partial charge in [-0.15, -0.1) is 0 Å². The van der Waals surface area contributed by atoms with Crippen LogP contribution in [0.2, 0.25) is 0 Å². The molecule has 0 aliphatic heterocycles. The molecule has 0 bridgehead atoms. The first kappa shape index (κ1) is 22.7. The monoisotopic (exact) mass is 382 g/mol. The average Bonchev–Trinajstić information content (AvgIpc) is 3.24. The molecule has 1 aromatic heterocycles. The van der Waals surface area contributed by atoms with E-state index < -0.39 is 0 Å². The van der Waals surface area contributed by atoms with Crippen LogP contribution < -0.4 is 0 Å². The van der Waals surface area contributed by atoms with Gasteiger partial charge >= 0.3 is 0 Å². The van der Waals surface area contributed by atoms with Gasteiger partial charge in [-0.25, -0.2) is 4.98 Å². The van der Waals surface area contributed by atoms with Crippen LogP contribution in [0.5, 0.6) is 0 Å². The Hall–Kier alpha value is -1.57. The molecule has 0 radical (unpaired) electrons. The van der Waals surface area contributed by atoms with E-state index in [9.17, 15) is 0 Å². The molecule has 28 heavy (non-hydrogen) atoms. The van der Waals surface area contributed by atoms with Gasteiger partial charge in [0.1, 0.15) is 5.82 Å². The van der Waals surface area contributed by atoms with Crippen LogP contribution in [0, 0.1) is 0 Å². The van der Waals surface area contributed by atoms with Crippen molar-refractivity contribution < 1.29 is 0 Å². The van der Waals surface area contributed by atoms with E-state index in [0.717, 1.165) is 18.2 Å². The molecule has 1 aromatic carbocycles. The zero-order chi connectivity index (χ0) is 19.9. The molecule has 0 amide bonds. The number of unbranched alkanes of at least 4 members (excludes halogenated alkanes) is 8. The lowest BCUT2D eigenvalue weighted by molar-refractivity contribution is 0.543. The van der Waals surface area contributed by atoms with Gasteiger partial charge < -0.3 is 4.98 Å². The molecular formula is C26H42N2. The number of H-pyrrole nitrogens is 1. The standard InChI is InChI=1S/C26H42N2/c1-3-5-6-7-8-9-11-14-23-17-19-25(20-18-23)24(4-2)15-12-10-13-16-26-27-21-22-28-26/h17-22,24H,3-16H2,1-2H3,(H,27,28).